The molecular weight excluding hydrogens is 389 g/mol. The van der Waals surface area contributed by atoms with Gasteiger partial charge >= 0.3 is 12.1 Å². The average Bonchev–Trinajstić information content (AvgIpc) is 3.12. The SMILES string of the molecule is CCOC(=O)C(CCOc1cccc2c1cnn2C1CCCCO1)CC(F)(F)F. The van der Waals surface area contributed by atoms with Gasteiger partial charge in [0, 0.05) is 6.61 Å². The van der Waals surface area contributed by atoms with E-state index in [0.717, 1.165) is 30.2 Å². The lowest BCUT2D eigenvalue weighted by atomic mass is 10.0. The molecule has 0 bridgehead atoms. The Labute approximate surface area is 166 Å². The van der Waals surface area contributed by atoms with E-state index >= 15 is 0 Å². The van der Waals surface area contributed by atoms with Crippen molar-refractivity contribution in [1.29, 1.82) is 0 Å². The molecule has 1 aliphatic rings. The normalized spacial score (nSPS) is 18.6. The number of benzene rings is 1. The van der Waals surface area contributed by atoms with E-state index in [-0.39, 0.29) is 25.9 Å². The first-order valence-corrected chi connectivity index (χ1v) is 9.83. The fourth-order valence-corrected chi connectivity index (χ4v) is 3.47. The minimum atomic E-state index is -4.45. The average molecular weight is 414 g/mol. The Balaban J connectivity index is 1.68. The number of hydrogen-bond donors (Lipinski definition) is 0. The highest BCUT2D eigenvalue weighted by atomic mass is 19.4. The van der Waals surface area contributed by atoms with Crippen LogP contribution in [0, 0.1) is 5.92 Å². The maximum atomic E-state index is 12.8. The quantitative estimate of drug-likeness (QED) is 0.589. The van der Waals surface area contributed by atoms with Gasteiger partial charge < -0.3 is 14.2 Å². The first-order valence-electron chi connectivity index (χ1n) is 9.83. The van der Waals surface area contributed by atoms with Crippen molar-refractivity contribution in [3.05, 3.63) is 24.4 Å². The molecule has 0 saturated carbocycles. The van der Waals surface area contributed by atoms with E-state index in [0.29, 0.717) is 12.4 Å². The van der Waals surface area contributed by atoms with Crippen LogP contribution in [0.3, 0.4) is 0 Å². The molecule has 2 heterocycles. The topological polar surface area (TPSA) is 62.6 Å². The predicted molar refractivity (Wildman–Crippen MR) is 99.5 cm³/mol. The summed E-state index contributed by atoms with van der Waals surface area (Å²) in [6.07, 6.45) is -1.25. The molecule has 160 valence electrons. The Bertz CT molecular complexity index is 816. The van der Waals surface area contributed by atoms with Crippen LogP contribution in [-0.4, -0.2) is 41.7 Å². The molecule has 6 nitrogen and oxygen atoms in total. The summed E-state index contributed by atoms with van der Waals surface area (Å²) in [4.78, 5) is 11.8. The summed E-state index contributed by atoms with van der Waals surface area (Å²) in [5.41, 5.74) is 0.839. The van der Waals surface area contributed by atoms with Gasteiger partial charge in [-0.1, -0.05) is 6.07 Å². The standard InChI is InChI=1S/C20H25F3N2O4/c1-2-27-19(26)14(12-20(21,22)23)9-11-28-17-7-5-6-16-15(17)13-24-25(16)18-8-3-4-10-29-18/h5-7,13-14,18H,2-4,8-12H2,1H3. The fourth-order valence-electron chi connectivity index (χ4n) is 3.47. The molecule has 0 radical (unpaired) electrons. The molecule has 2 atom stereocenters. The van der Waals surface area contributed by atoms with Gasteiger partial charge in [-0.25, -0.2) is 4.68 Å². The third-order valence-electron chi connectivity index (χ3n) is 4.85. The molecule has 0 aliphatic carbocycles. The zero-order valence-electron chi connectivity index (χ0n) is 16.3. The lowest BCUT2D eigenvalue weighted by Crippen LogP contribution is -2.26. The lowest BCUT2D eigenvalue weighted by Gasteiger charge is -2.23. The van der Waals surface area contributed by atoms with Gasteiger partial charge in [0.15, 0.2) is 6.23 Å². The number of aromatic nitrogens is 2. The van der Waals surface area contributed by atoms with Gasteiger partial charge in [-0.15, -0.1) is 0 Å². The van der Waals surface area contributed by atoms with Crippen LogP contribution >= 0.6 is 0 Å². The van der Waals surface area contributed by atoms with Crippen molar-refractivity contribution in [3.8, 4) is 5.75 Å². The van der Waals surface area contributed by atoms with Gasteiger partial charge in [0.1, 0.15) is 5.75 Å². The van der Waals surface area contributed by atoms with Crippen molar-refractivity contribution < 1.29 is 32.2 Å². The van der Waals surface area contributed by atoms with Crippen molar-refractivity contribution in [3.63, 3.8) is 0 Å². The van der Waals surface area contributed by atoms with Crippen LogP contribution in [0.4, 0.5) is 13.2 Å². The third-order valence-corrected chi connectivity index (χ3v) is 4.85. The summed E-state index contributed by atoms with van der Waals surface area (Å²) in [5.74, 6) is -1.62. The molecule has 3 rings (SSSR count). The van der Waals surface area contributed by atoms with Crippen molar-refractivity contribution in [2.75, 3.05) is 19.8 Å². The molecular formula is C20H25F3N2O4. The monoisotopic (exact) mass is 414 g/mol. The van der Waals surface area contributed by atoms with Crippen LogP contribution in [0.1, 0.15) is 45.3 Å². The number of esters is 1. The summed E-state index contributed by atoms with van der Waals surface area (Å²) in [6.45, 7) is 2.25. The van der Waals surface area contributed by atoms with E-state index < -0.39 is 24.5 Å². The van der Waals surface area contributed by atoms with Crippen LogP contribution in [0.15, 0.2) is 24.4 Å². The van der Waals surface area contributed by atoms with Gasteiger partial charge in [0.25, 0.3) is 0 Å². The maximum Gasteiger partial charge on any atom is 0.389 e. The Morgan fingerprint density at radius 2 is 2.21 bits per heavy atom. The van der Waals surface area contributed by atoms with E-state index in [1.807, 2.05) is 10.7 Å². The summed E-state index contributed by atoms with van der Waals surface area (Å²) in [6, 6.07) is 5.44. The maximum absolute atomic E-state index is 12.8. The molecule has 2 unspecified atom stereocenters. The molecule has 0 N–H and O–H groups in total. The summed E-state index contributed by atoms with van der Waals surface area (Å²) in [7, 11) is 0. The van der Waals surface area contributed by atoms with Crippen molar-refractivity contribution >= 4 is 16.9 Å². The first-order chi connectivity index (χ1) is 13.9. The second-order valence-corrected chi connectivity index (χ2v) is 7.00. The van der Waals surface area contributed by atoms with Gasteiger partial charge in [0.05, 0.1) is 42.7 Å². The predicted octanol–water partition coefficient (Wildman–Crippen LogP) is 4.64. The van der Waals surface area contributed by atoms with Crippen molar-refractivity contribution in [1.82, 2.24) is 9.78 Å². The number of fused-ring (bicyclic) bond motifs is 1. The molecule has 2 aromatic rings. The number of nitrogens with zero attached hydrogens (tertiary/aromatic N) is 2. The fraction of sp³-hybridized carbons (Fsp3) is 0.600. The van der Waals surface area contributed by atoms with E-state index in [1.165, 1.54) is 0 Å². The highest BCUT2D eigenvalue weighted by molar-refractivity contribution is 5.85. The molecule has 0 amide bonds. The number of alkyl halides is 3. The van der Waals surface area contributed by atoms with E-state index in [9.17, 15) is 18.0 Å². The number of hydrogen-bond acceptors (Lipinski definition) is 5. The van der Waals surface area contributed by atoms with Crippen LogP contribution in [-0.2, 0) is 14.3 Å². The van der Waals surface area contributed by atoms with E-state index in [4.69, 9.17) is 14.2 Å². The van der Waals surface area contributed by atoms with Gasteiger partial charge in [-0.2, -0.15) is 18.3 Å². The Kier molecular flexibility index (Phi) is 7.00. The molecule has 29 heavy (non-hydrogen) atoms. The summed E-state index contributed by atoms with van der Waals surface area (Å²) < 4.78 is 56.4. The zero-order chi connectivity index (χ0) is 20.9. The van der Waals surface area contributed by atoms with Gasteiger partial charge in [0.2, 0.25) is 0 Å². The number of carbonyl (C=O) groups is 1. The molecule has 1 aromatic heterocycles. The third kappa shape index (κ3) is 5.62. The second kappa shape index (κ2) is 9.47. The number of halogens is 3. The Morgan fingerprint density at radius 3 is 2.90 bits per heavy atom. The van der Waals surface area contributed by atoms with Gasteiger partial charge in [-0.3, -0.25) is 4.79 Å². The zero-order valence-corrected chi connectivity index (χ0v) is 16.3. The summed E-state index contributed by atoms with van der Waals surface area (Å²) in [5, 5.41) is 5.17. The highest BCUT2D eigenvalue weighted by Gasteiger charge is 2.36. The molecule has 1 saturated heterocycles. The highest BCUT2D eigenvalue weighted by Crippen LogP contribution is 2.31. The number of ether oxygens (including phenoxy) is 3. The number of carbonyl (C=O) groups excluding carboxylic acids is 1. The lowest BCUT2D eigenvalue weighted by molar-refractivity contribution is -0.168. The van der Waals surface area contributed by atoms with E-state index in [2.05, 4.69) is 5.10 Å². The second-order valence-electron chi connectivity index (χ2n) is 7.00. The van der Waals surface area contributed by atoms with Crippen LogP contribution in [0.5, 0.6) is 5.75 Å². The molecule has 0 spiro atoms. The van der Waals surface area contributed by atoms with Crippen LogP contribution < -0.4 is 4.74 Å². The molecule has 1 aromatic carbocycles. The minimum absolute atomic E-state index is 0.0375. The minimum Gasteiger partial charge on any atom is -0.493 e. The van der Waals surface area contributed by atoms with Gasteiger partial charge in [-0.05, 0) is 44.7 Å². The van der Waals surface area contributed by atoms with Crippen LogP contribution in [0.25, 0.3) is 10.9 Å². The van der Waals surface area contributed by atoms with Crippen molar-refractivity contribution in [2.24, 2.45) is 5.92 Å². The van der Waals surface area contributed by atoms with Crippen molar-refractivity contribution in [2.45, 2.75) is 51.4 Å². The Hall–Kier alpha value is -2.29. The smallest absolute Gasteiger partial charge is 0.389 e. The van der Waals surface area contributed by atoms with Crippen LogP contribution in [0.2, 0.25) is 0 Å². The number of rotatable bonds is 8. The Morgan fingerprint density at radius 1 is 1.38 bits per heavy atom. The molecule has 1 aliphatic heterocycles. The van der Waals surface area contributed by atoms with E-state index in [1.54, 1.807) is 25.3 Å². The molecule has 1 fully saturated rings. The largest absolute Gasteiger partial charge is 0.493 e. The first kappa shape index (κ1) is 21.4. The summed E-state index contributed by atoms with van der Waals surface area (Å²) >= 11 is 0. The molecule has 9 heteroatoms.